The fourth-order valence-corrected chi connectivity index (χ4v) is 3.15. The molecule has 2 aromatic rings. The number of alkyl halides is 6. The zero-order valence-electron chi connectivity index (χ0n) is 16.1. The molecule has 164 valence electrons. The van der Waals surface area contributed by atoms with Gasteiger partial charge in [-0.25, -0.2) is 4.79 Å². The van der Waals surface area contributed by atoms with Crippen LogP contribution < -0.4 is 0 Å². The summed E-state index contributed by atoms with van der Waals surface area (Å²) >= 11 is 0. The molecule has 0 fully saturated rings. The van der Waals surface area contributed by atoms with Crippen molar-refractivity contribution in [2.24, 2.45) is 0 Å². The summed E-state index contributed by atoms with van der Waals surface area (Å²) in [7, 11) is 0. The molecule has 31 heavy (non-hydrogen) atoms. The minimum atomic E-state index is -4.95. The van der Waals surface area contributed by atoms with E-state index in [0.29, 0.717) is 16.8 Å². The molecule has 0 saturated carbocycles. The Hall–Kier alpha value is -3.22. The summed E-state index contributed by atoms with van der Waals surface area (Å²) in [5, 5.41) is 0. The highest BCUT2D eigenvalue weighted by Crippen LogP contribution is 2.25. The standard InChI is InChI=1S/C21H17F6N3O/c22-20(23,24)13-30(14-21(25,26)27)19(31)29-9-8-18-17(12-29)10-16(11-28-18)7-6-15-4-2-1-3-5-15/h1-5,10-11H,8-9,12-14H2. The lowest BCUT2D eigenvalue weighted by Crippen LogP contribution is -2.51. The largest absolute Gasteiger partial charge is 0.406 e. The Morgan fingerprint density at radius 1 is 1.00 bits per heavy atom. The molecule has 1 aliphatic rings. The van der Waals surface area contributed by atoms with Gasteiger partial charge in [-0.15, -0.1) is 0 Å². The van der Waals surface area contributed by atoms with Crippen LogP contribution in [0.2, 0.25) is 0 Å². The summed E-state index contributed by atoms with van der Waals surface area (Å²) in [6, 6.07) is 9.46. The van der Waals surface area contributed by atoms with Gasteiger partial charge in [-0.05, 0) is 23.8 Å². The van der Waals surface area contributed by atoms with Crippen LogP contribution in [0.1, 0.15) is 22.4 Å². The summed E-state index contributed by atoms with van der Waals surface area (Å²) in [5.41, 5.74) is 2.47. The van der Waals surface area contributed by atoms with Crippen LogP contribution in [0.3, 0.4) is 0 Å². The highest BCUT2D eigenvalue weighted by Gasteiger charge is 2.41. The predicted molar refractivity (Wildman–Crippen MR) is 99.9 cm³/mol. The van der Waals surface area contributed by atoms with E-state index < -0.39 is 31.5 Å². The van der Waals surface area contributed by atoms with E-state index in [2.05, 4.69) is 16.8 Å². The van der Waals surface area contributed by atoms with Crippen LogP contribution in [0.5, 0.6) is 0 Å². The number of urea groups is 1. The molecule has 1 aromatic carbocycles. The van der Waals surface area contributed by atoms with Gasteiger partial charge >= 0.3 is 18.4 Å². The van der Waals surface area contributed by atoms with Crippen molar-refractivity contribution in [3.05, 3.63) is 65.0 Å². The summed E-state index contributed by atoms with van der Waals surface area (Å²) in [6.07, 6.45) is -8.13. The van der Waals surface area contributed by atoms with Gasteiger partial charge in [-0.3, -0.25) is 4.98 Å². The molecule has 0 saturated heterocycles. The van der Waals surface area contributed by atoms with E-state index in [1.807, 2.05) is 30.3 Å². The number of nitrogens with zero attached hydrogens (tertiary/aromatic N) is 3. The third kappa shape index (κ3) is 6.64. The zero-order valence-corrected chi connectivity index (χ0v) is 16.1. The van der Waals surface area contributed by atoms with Gasteiger partial charge in [0.05, 0.1) is 0 Å². The van der Waals surface area contributed by atoms with Crippen molar-refractivity contribution in [1.82, 2.24) is 14.8 Å². The van der Waals surface area contributed by atoms with Crippen LogP contribution in [0.25, 0.3) is 0 Å². The molecule has 0 unspecified atom stereocenters. The Bertz CT molecular complexity index is 976. The maximum absolute atomic E-state index is 12.7. The van der Waals surface area contributed by atoms with E-state index in [0.717, 1.165) is 10.5 Å². The number of pyridine rings is 1. The third-order valence-corrected chi connectivity index (χ3v) is 4.45. The SMILES string of the molecule is O=C(N1CCc2ncc(C#Cc3ccccc3)cc2C1)N(CC(F)(F)F)CC(F)(F)F. The van der Waals surface area contributed by atoms with Gasteiger partial charge in [-0.2, -0.15) is 26.3 Å². The van der Waals surface area contributed by atoms with Crippen molar-refractivity contribution in [3.8, 4) is 11.8 Å². The van der Waals surface area contributed by atoms with E-state index in [-0.39, 0.29) is 24.4 Å². The van der Waals surface area contributed by atoms with Gasteiger partial charge in [0.2, 0.25) is 0 Å². The van der Waals surface area contributed by atoms with Crippen molar-refractivity contribution < 1.29 is 31.1 Å². The van der Waals surface area contributed by atoms with Crippen molar-refractivity contribution >= 4 is 6.03 Å². The fourth-order valence-electron chi connectivity index (χ4n) is 3.15. The van der Waals surface area contributed by atoms with Gasteiger partial charge < -0.3 is 9.80 Å². The van der Waals surface area contributed by atoms with Gasteiger partial charge in [0.15, 0.2) is 0 Å². The second-order valence-electron chi connectivity index (χ2n) is 6.99. The Labute approximate surface area is 174 Å². The lowest BCUT2D eigenvalue weighted by Gasteiger charge is -2.34. The van der Waals surface area contributed by atoms with Crippen LogP contribution in [0.15, 0.2) is 42.6 Å². The molecule has 3 rings (SSSR count). The van der Waals surface area contributed by atoms with Crippen molar-refractivity contribution in [1.29, 1.82) is 0 Å². The topological polar surface area (TPSA) is 36.4 Å². The molecule has 10 heteroatoms. The number of amides is 2. The summed E-state index contributed by atoms with van der Waals surface area (Å²) < 4.78 is 76.3. The Morgan fingerprint density at radius 3 is 2.23 bits per heavy atom. The number of fused-ring (bicyclic) bond motifs is 1. The van der Waals surface area contributed by atoms with Gasteiger partial charge in [0.1, 0.15) is 13.1 Å². The van der Waals surface area contributed by atoms with E-state index in [1.165, 1.54) is 0 Å². The molecule has 0 atom stereocenters. The first-order valence-corrected chi connectivity index (χ1v) is 9.22. The van der Waals surface area contributed by atoms with E-state index in [4.69, 9.17) is 0 Å². The van der Waals surface area contributed by atoms with Crippen molar-refractivity contribution in [3.63, 3.8) is 0 Å². The molecule has 1 aliphatic heterocycles. The van der Waals surface area contributed by atoms with Crippen molar-refractivity contribution in [2.45, 2.75) is 25.3 Å². The average molecular weight is 441 g/mol. The monoisotopic (exact) mass is 441 g/mol. The number of aromatic nitrogens is 1. The molecule has 0 aliphatic carbocycles. The number of benzene rings is 1. The van der Waals surface area contributed by atoms with E-state index >= 15 is 0 Å². The maximum atomic E-state index is 12.7. The molecule has 0 radical (unpaired) electrons. The van der Waals surface area contributed by atoms with Crippen LogP contribution in [-0.2, 0) is 13.0 Å². The first-order valence-electron chi connectivity index (χ1n) is 9.22. The number of halogens is 6. The smallest absolute Gasteiger partial charge is 0.320 e. The van der Waals surface area contributed by atoms with E-state index in [9.17, 15) is 31.1 Å². The van der Waals surface area contributed by atoms with E-state index in [1.54, 1.807) is 12.3 Å². The molecular weight excluding hydrogens is 424 g/mol. The maximum Gasteiger partial charge on any atom is 0.406 e. The highest BCUT2D eigenvalue weighted by atomic mass is 19.4. The number of hydrogen-bond acceptors (Lipinski definition) is 2. The zero-order chi connectivity index (χ0) is 22.6. The predicted octanol–water partition coefficient (Wildman–Crippen LogP) is 4.39. The van der Waals surface area contributed by atoms with Crippen LogP contribution >= 0.6 is 0 Å². The molecular formula is C21H17F6N3O. The van der Waals surface area contributed by atoms with Crippen LogP contribution in [-0.4, -0.2) is 52.8 Å². The van der Waals surface area contributed by atoms with Crippen LogP contribution in [0, 0.1) is 11.8 Å². The molecule has 2 heterocycles. The van der Waals surface area contributed by atoms with Gasteiger partial charge in [-0.1, -0.05) is 30.0 Å². The van der Waals surface area contributed by atoms with Crippen molar-refractivity contribution in [2.75, 3.05) is 19.6 Å². The first-order chi connectivity index (χ1) is 14.5. The Kier molecular flexibility index (Phi) is 6.43. The normalized spacial score (nSPS) is 13.8. The van der Waals surface area contributed by atoms with Gasteiger partial charge in [0.25, 0.3) is 0 Å². The molecule has 0 N–H and O–H groups in total. The lowest BCUT2D eigenvalue weighted by molar-refractivity contribution is -0.172. The Balaban J connectivity index is 1.78. The number of rotatable bonds is 2. The second-order valence-corrected chi connectivity index (χ2v) is 6.99. The summed E-state index contributed by atoms with van der Waals surface area (Å²) in [6.45, 7) is -4.13. The Morgan fingerprint density at radius 2 is 1.61 bits per heavy atom. The quantitative estimate of drug-likeness (QED) is 0.512. The second kappa shape index (κ2) is 8.88. The molecule has 1 aromatic heterocycles. The number of carbonyl (C=O) groups is 1. The lowest BCUT2D eigenvalue weighted by atomic mass is 10.0. The number of hydrogen-bond donors (Lipinski definition) is 0. The minimum Gasteiger partial charge on any atom is -0.320 e. The molecule has 0 bridgehead atoms. The summed E-state index contributed by atoms with van der Waals surface area (Å²) in [4.78, 5) is 17.5. The van der Waals surface area contributed by atoms with Crippen LogP contribution in [0.4, 0.5) is 31.1 Å². The molecule has 4 nitrogen and oxygen atoms in total. The first kappa shape index (κ1) is 22.5. The average Bonchev–Trinajstić information content (AvgIpc) is 2.69. The fraction of sp³-hybridized carbons (Fsp3) is 0.333. The van der Waals surface area contributed by atoms with Gasteiger partial charge in [0, 0.05) is 42.5 Å². The summed E-state index contributed by atoms with van der Waals surface area (Å²) in [5.74, 6) is 5.86. The molecule has 2 amide bonds. The minimum absolute atomic E-state index is 0.0277. The molecule has 0 spiro atoms. The third-order valence-electron chi connectivity index (χ3n) is 4.45. The number of carbonyl (C=O) groups excluding carboxylic acids is 1. The highest BCUT2D eigenvalue weighted by molar-refractivity contribution is 5.75.